The Morgan fingerprint density at radius 1 is 1.00 bits per heavy atom. The summed E-state index contributed by atoms with van der Waals surface area (Å²) < 4.78 is 0. The van der Waals surface area contributed by atoms with Crippen LogP contribution in [-0.2, 0) is 12.8 Å². The molecule has 1 aromatic carbocycles. The number of hydrogen-bond donors (Lipinski definition) is 2. The van der Waals surface area contributed by atoms with Crippen LogP contribution in [0, 0.1) is 6.92 Å². The Morgan fingerprint density at radius 2 is 1.60 bits per heavy atom. The van der Waals surface area contributed by atoms with Gasteiger partial charge in [-0.15, -0.1) is 24.8 Å². The number of rotatable bonds is 3. The number of anilines is 1. The summed E-state index contributed by atoms with van der Waals surface area (Å²) in [6.45, 7) is 1.92. The highest BCUT2D eigenvalue weighted by Gasteiger charge is 2.03. The third-order valence-electron chi connectivity index (χ3n) is 2.72. The first kappa shape index (κ1) is 20.8. The summed E-state index contributed by atoms with van der Waals surface area (Å²) in [5, 5.41) is 9.67. The van der Waals surface area contributed by atoms with Gasteiger partial charge in [-0.1, -0.05) is 12.1 Å². The van der Waals surface area contributed by atoms with Crippen molar-refractivity contribution in [1.29, 1.82) is 0 Å². The SMILES string of the molecule is Cc1ccc(O)c(CCc2ccc(N)cc2)n1.Cl.Cl.O. The van der Waals surface area contributed by atoms with Gasteiger partial charge < -0.3 is 16.3 Å². The van der Waals surface area contributed by atoms with E-state index in [2.05, 4.69) is 4.98 Å². The van der Waals surface area contributed by atoms with Crippen LogP contribution in [0.4, 0.5) is 5.69 Å². The summed E-state index contributed by atoms with van der Waals surface area (Å²) in [6, 6.07) is 11.3. The van der Waals surface area contributed by atoms with E-state index in [0.29, 0.717) is 0 Å². The number of nitrogens with zero attached hydrogens (tertiary/aromatic N) is 1. The summed E-state index contributed by atoms with van der Waals surface area (Å²) >= 11 is 0. The van der Waals surface area contributed by atoms with Gasteiger partial charge in [0.25, 0.3) is 0 Å². The zero-order valence-electron chi connectivity index (χ0n) is 11.2. The fourth-order valence-electron chi connectivity index (χ4n) is 1.73. The highest BCUT2D eigenvalue weighted by atomic mass is 35.5. The summed E-state index contributed by atoms with van der Waals surface area (Å²) in [5.41, 5.74) is 9.27. The van der Waals surface area contributed by atoms with Crippen LogP contribution in [-0.4, -0.2) is 15.6 Å². The molecule has 112 valence electrons. The standard InChI is InChI=1S/C14H16N2O.2ClH.H2O/c1-10-2-9-14(17)13(16-10)8-5-11-3-6-12(15)7-4-11;;;/h2-4,6-7,9,17H,5,8,15H2,1H3;2*1H;1H2. The Morgan fingerprint density at radius 3 is 2.20 bits per heavy atom. The molecule has 0 spiro atoms. The molecule has 0 fully saturated rings. The maximum Gasteiger partial charge on any atom is 0.137 e. The number of benzene rings is 1. The van der Waals surface area contributed by atoms with Crippen LogP contribution in [0.1, 0.15) is 17.0 Å². The van der Waals surface area contributed by atoms with E-state index in [0.717, 1.165) is 29.9 Å². The van der Waals surface area contributed by atoms with E-state index in [9.17, 15) is 5.11 Å². The van der Waals surface area contributed by atoms with Gasteiger partial charge in [0.1, 0.15) is 5.75 Å². The second kappa shape index (κ2) is 9.42. The smallest absolute Gasteiger partial charge is 0.137 e. The van der Waals surface area contributed by atoms with Gasteiger partial charge in [0.15, 0.2) is 0 Å². The Bertz CT molecular complexity index is 519. The lowest BCUT2D eigenvalue weighted by Gasteiger charge is -2.05. The number of nitrogen functional groups attached to an aromatic ring is 1. The molecule has 0 saturated carbocycles. The van der Waals surface area contributed by atoms with Crippen LogP contribution >= 0.6 is 24.8 Å². The number of halogens is 2. The van der Waals surface area contributed by atoms with Crippen molar-refractivity contribution in [2.45, 2.75) is 19.8 Å². The second-order valence-corrected chi connectivity index (χ2v) is 4.16. The molecular weight excluding hydrogens is 299 g/mol. The van der Waals surface area contributed by atoms with E-state index >= 15 is 0 Å². The first-order valence-electron chi connectivity index (χ1n) is 5.65. The van der Waals surface area contributed by atoms with Crippen LogP contribution in [0.25, 0.3) is 0 Å². The van der Waals surface area contributed by atoms with Crippen molar-refractivity contribution in [1.82, 2.24) is 4.98 Å². The van der Waals surface area contributed by atoms with Gasteiger partial charge in [-0.25, -0.2) is 0 Å². The average molecular weight is 319 g/mol. The van der Waals surface area contributed by atoms with E-state index in [1.165, 1.54) is 5.56 Å². The topological polar surface area (TPSA) is 90.6 Å². The minimum absolute atomic E-state index is 0. The van der Waals surface area contributed by atoms with E-state index in [4.69, 9.17) is 5.73 Å². The molecule has 20 heavy (non-hydrogen) atoms. The van der Waals surface area contributed by atoms with Crippen LogP contribution in [0.2, 0.25) is 0 Å². The molecular formula is C14H20Cl2N2O2. The zero-order valence-corrected chi connectivity index (χ0v) is 12.8. The Kier molecular flexibility index (Phi) is 9.81. The summed E-state index contributed by atoms with van der Waals surface area (Å²) in [7, 11) is 0. The molecule has 0 radical (unpaired) electrons. The molecule has 5 N–H and O–H groups in total. The fourth-order valence-corrected chi connectivity index (χ4v) is 1.73. The molecule has 6 heteroatoms. The predicted molar refractivity (Wildman–Crippen MR) is 87.0 cm³/mol. The lowest BCUT2D eigenvalue weighted by molar-refractivity contribution is 0.463. The Balaban J connectivity index is 0. The van der Waals surface area contributed by atoms with E-state index in [1.807, 2.05) is 37.3 Å². The number of nitrogens with two attached hydrogens (primary N) is 1. The van der Waals surface area contributed by atoms with E-state index in [-0.39, 0.29) is 36.0 Å². The number of pyridine rings is 1. The Labute approximate surface area is 131 Å². The summed E-state index contributed by atoms with van der Waals surface area (Å²) in [6.07, 6.45) is 1.59. The molecule has 4 nitrogen and oxygen atoms in total. The minimum atomic E-state index is 0. The maximum absolute atomic E-state index is 9.67. The highest BCUT2D eigenvalue weighted by molar-refractivity contribution is 5.85. The molecule has 1 aromatic heterocycles. The molecule has 0 amide bonds. The van der Waals surface area contributed by atoms with Gasteiger partial charge in [0, 0.05) is 11.4 Å². The van der Waals surface area contributed by atoms with E-state index in [1.54, 1.807) is 6.07 Å². The number of aromatic hydroxyl groups is 1. The zero-order chi connectivity index (χ0) is 12.3. The molecule has 0 unspecified atom stereocenters. The van der Waals surface area contributed by atoms with Gasteiger partial charge in [0.2, 0.25) is 0 Å². The molecule has 0 aliphatic rings. The molecule has 0 atom stereocenters. The molecule has 0 saturated heterocycles. The van der Waals surface area contributed by atoms with Gasteiger partial charge in [-0.3, -0.25) is 4.98 Å². The second-order valence-electron chi connectivity index (χ2n) is 4.16. The molecule has 2 rings (SSSR count). The molecule has 0 bridgehead atoms. The lowest BCUT2D eigenvalue weighted by atomic mass is 10.1. The van der Waals surface area contributed by atoms with E-state index < -0.39 is 0 Å². The lowest BCUT2D eigenvalue weighted by Crippen LogP contribution is -1.97. The van der Waals surface area contributed by atoms with Crippen molar-refractivity contribution in [3.8, 4) is 5.75 Å². The third-order valence-corrected chi connectivity index (χ3v) is 2.72. The molecule has 0 aliphatic carbocycles. The van der Waals surface area contributed by atoms with Gasteiger partial charge in [0.05, 0.1) is 5.69 Å². The van der Waals surface area contributed by atoms with Crippen molar-refractivity contribution in [2.75, 3.05) is 5.73 Å². The van der Waals surface area contributed by atoms with Crippen LogP contribution in [0.5, 0.6) is 5.75 Å². The predicted octanol–water partition coefficient (Wildman–Crippen LogP) is 2.48. The quantitative estimate of drug-likeness (QED) is 0.852. The van der Waals surface area contributed by atoms with Crippen molar-refractivity contribution in [2.24, 2.45) is 0 Å². The molecule has 2 aromatic rings. The first-order valence-corrected chi connectivity index (χ1v) is 5.65. The molecule has 1 heterocycles. The first-order chi connectivity index (χ1) is 8.15. The van der Waals surface area contributed by atoms with Crippen LogP contribution in [0.15, 0.2) is 36.4 Å². The third kappa shape index (κ3) is 5.65. The van der Waals surface area contributed by atoms with Crippen LogP contribution < -0.4 is 5.73 Å². The van der Waals surface area contributed by atoms with Crippen LogP contribution in [0.3, 0.4) is 0 Å². The normalized spacial score (nSPS) is 8.85. The Hall–Kier alpha value is -1.49. The van der Waals surface area contributed by atoms with Gasteiger partial charge in [-0.05, 0) is 49.6 Å². The minimum Gasteiger partial charge on any atom is -0.506 e. The van der Waals surface area contributed by atoms with Crippen molar-refractivity contribution >= 4 is 30.5 Å². The van der Waals surface area contributed by atoms with Gasteiger partial charge in [-0.2, -0.15) is 0 Å². The van der Waals surface area contributed by atoms with Crippen molar-refractivity contribution in [3.05, 3.63) is 53.3 Å². The molecule has 0 aliphatic heterocycles. The average Bonchev–Trinajstić information content (AvgIpc) is 2.32. The monoisotopic (exact) mass is 318 g/mol. The number of aryl methyl sites for hydroxylation is 3. The maximum atomic E-state index is 9.67. The number of hydrogen-bond acceptors (Lipinski definition) is 3. The van der Waals surface area contributed by atoms with Crippen molar-refractivity contribution < 1.29 is 10.6 Å². The summed E-state index contributed by atoms with van der Waals surface area (Å²) in [5.74, 6) is 0.269. The fraction of sp³-hybridized carbons (Fsp3) is 0.214. The summed E-state index contributed by atoms with van der Waals surface area (Å²) in [4.78, 5) is 4.33. The largest absolute Gasteiger partial charge is 0.506 e. The number of aromatic nitrogens is 1. The highest BCUT2D eigenvalue weighted by Crippen LogP contribution is 2.17. The van der Waals surface area contributed by atoms with Gasteiger partial charge >= 0.3 is 0 Å². The van der Waals surface area contributed by atoms with Crippen molar-refractivity contribution in [3.63, 3.8) is 0 Å².